The number of rotatable bonds is 8. The standard InChI is InChI=1S/C17H31N3O2/c1-5-16-18-14(2)13-20(16)10-6-7-15-8-11-19(12-9-15)17(21-3)22-4/h13,15,17H,5-12H2,1-4H3. The van der Waals surface area contributed by atoms with Crippen molar-refractivity contribution in [2.24, 2.45) is 5.92 Å². The number of piperidine rings is 1. The SMILES string of the molecule is CCc1nc(C)cn1CCCC1CCN(C(OC)OC)CC1. The number of hydrogen-bond donors (Lipinski definition) is 0. The first-order valence-electron chi connectivity index (χ1n) is 8.50. The fourth-order valence-electron chi connectivity index (χ4n) is 3.47. The number of nitrogens with zero attached hydrogens (tertiary/aromatic N) is 3. The maximum absolute atomic E-state index is 5.33. The van der Waals surface area contributed by atoms with E-state index in [-0.39, 0.29) is 6.41 Å². The minimum atomic E-state index is -0.179. The smallest absolute Gasteiger partial charge is 0.218 e. The van der Waals surface area contributed by atoms with E-state index in [4.69, 9.17) is 9.47 Å². The second kappa shape index (κ2) is 8.65. The van der Waals surface area contributed by atoms with Crippen molar-refractivity contribution in [2.45, 2.75) is 58.9 Å². The Balaban J connectivity index is 1.71. The molecule has 1 aliphatic rings. The van der Waals surface area contributed by atoms with E-state index in [1.807, 2.05) is 0 Å². The molecule has 0 aromatic carbocycles. The molecule has 0 atom stereocenters. The molecule has 1 aromatic heterocycles. The molecular formula is C17H31N3O2. The highest BCUT2D eigenvalue weighted by Gasteiger charge is 2.24. The summed E-state index contributed by atoms with van der Waals surface area (Å²) in [6.07, 6.45) is 8.05. The largest absolute Gasteiger partial charge is 0.343 e. The predicted octanol–water partition coefficient (Wildman–Crippen LogP) is 2.82. The molecule has 1 fully saturated rings. The Hall–Kier alpha value is -0.910. The number of imidazole rings is 1. The molecule has 2 rings (SSSR count). The molecule has 0 unspecified atom stereocenters. The fraction of sp³-hybridized carbons (Fsp3) is 0.824. The van der Waals surface area contributed by atoms with Crippen LogP contribution in [0.2, 0.25) is 0 Å². The molecule has 0 radical (unpaired) electrons. The van der Waals surface area contributed by atoms with Gasteiger partial charge >= 0.3 is 0 Å². The zero-order valence-electron chi connectivity index (χ0n) is 14.5. The molecule has 0 spiro atoms. The second-order valence-electron chi connectivity index (χ2n) is 6.25. The number of aromatic nitrogens is 2. The van der Waals surface area contributed by atoms with E-state index in [0.717, 1.165) is 37.7 Å². The van der Waals surface area contributed by atoms with Crippen molar-refractivity contribution in [3.05, 3.63) is 17.7 Å². The first-order valence-corrected chi connectivity index (χ1v) is 8.50. The second-order valence-corrected chi connectivity index (χ2v) is 6.25. The molecule has 0 N–H and O–H groups in total. The zero-order valence-corrected chi connectivity index (χ0v) is 14.5. The van der Waals surface area contributed by atoms with Gasteiger partial charge in [-0.2, -0.15) is 0 Å². The third-order valence-corrected chi connectivity index (χ3v) is 4.66. The molecule has 0 bridgehead atoms. The van der Waals surface area contributed by atoms with Crippen molar-refractivity contribution in [1.82, 2.24) is 14.5 Å². The van der Waals surface area contributed by atoms with Crippen LogP contribution in [0.1, 0.15) is 44.1 Å². The van der Waals surface area contributed by atoms with Gasteiger partial charge in [0.1, 0.15) is 5.82 Å². The summed E-state index contributed by atoms with van der Waals surface area (Å²) in [6, 6.07) is 0. The van der Waals surface area contributed by atoms with Crippen LogP contribution in [0, 0.1) is 12.8 Å². The molecule has 126 valence electrons. The topological polar surface area (TPSA) is 39.5 Å². The Bertz CT molecular complexity index is 435. The quantitative estimate of drug-likeness (QED) is 0.692. The van der Waals surface area contributed by atoms with Crippen LogP contribution in [0.5, 0.6) is 0 Å². The van der Waals surface area contributed by atoms with Gasteiger partial charge in [0.05, 0.1) is 5.69 Å². The average molecular weight is 309 g/mol. The van der Waals surface area contributed by atoms with Gasteiger partial charge in [0, 0.05) is 46.5 Å². The van der Waals surface area contributed by atoms with Crippen LogP contribution in [0.4, 0.5) is 0 Å². The molecule has 1 aliphatic heterocycles. The van der Waals surface area contributed by atoms with Gasteiger partial charge in [0.25, 0.3) is 0 Å². The summed E-state index contributed by atoms with van der Waals surface area (Å²) >= 11 is 0. The number of aryl methyl sites for hydroxylation is 3. The molecule has 22 heavy (non-hydrogen) atoms. The summed E-state index contributed by atoms with van der Waals surface area (Å²) in [4.78, 5) is 6.85. The minimum Gasteiger partial charge on any atom is -0.343 e. The Kier molecular flexibility index (Phi) is 6.86. The van der Waals surface area contributed by atoms with Crippen LogP contribution in [-0.2, 0) is 22.4 Å². The van der Waals surface area contributed by atoms with Crippen molar-refractivity contribution in [3.63, 3.8) is 0 Å². The third kappa shape index (κ3) is 4.54. The highest BCUT2D eigenvalue weighted by molar-refractivity contribution is 5.01. The maximum Gasteiger partial charge on any atom is 0.218 e. The number of likely N-dealkylation sites (tertiary alicyclic amines) is 1. The molecule has 1 aromatic rings. The normalized spacial score (nSPS) is 17.5. The van der Waals surface area contributed by atoms with E-state index >= 15 is 0 Å². The lowest BCUT2D eigenvalue weighted by molar-refractivity contribution is -0.202. The Morgan fingerprint density at radius 3 is 2.55 bits per heavy atom. The molecule has 5 nitrogen and oxygen atoms in total. The summed E-state index contributed by atoms with van der Waals surface area (Å²) < 4.78 is 13.0. The lowest BCUT2D eigenvalue weighted by Gasteiger charge is -2.35. The lowest BCUT2D eigenvalue weighted by Crippen LogP contribution is -2.43. The van der Waals surface area contributed by atoms with Crippen molar-refractivity contribution in [3.8, 4) is 0 Å². The summed E-state index contributed by atoms with van der Waals surface area (Å²) in [5, 5.41) is 0. The molecule has 1 saturated heterocycles. The van der Waals surface area contributed by atoms with Crippen molar-refractivity contribution >= 4 is 0 Å². The first kappa shape index (κ1) is 17.4. The van der Waals surface area contributed by atoms with Crippen LogP contribution in [0.15, 0.2) is 6.20 Å². The Morgan fingerprint density at radius 1 is 1.27 bits per heavy atom. The molecular weight excluding hydrogens is 278 g/mol. The minimum absolute atomic E-state index is 0.179. The van der Waals surface area contributed by atoms with Crippen LogP contribution in [0.3, 0.4) is 0 Å². The summed E-state index contributed by atoms with van der Waals surface area (Å²) in [6.45, 7) is 7.50. The predicted molar refractivity (Wildman–Crippen MR) is 87.7 cm³/mol. The van der Waals surface area contributed by atoms with Crippen LogP contribution in [0.25, 0.3) is 0 Å². The maximum atomic E-state index is 5.33. The average Bonchev–Trinajstić information content (AvgIpc) is 2.90. The van der Waals surface area contributed by atoms with Crippen LogP contribution < -0.4 is 0 Å². The van der Waals surface area contributed by atoms with Crippen molar-refractivity contribution in [2.75, 3.05) is 27.3 Å². The fourth-order valence-corrected chi connectivity index (χ4v) is 3.47. The van der Waals surface area contributed by atoms with Crippen molar-refractivity contribution in [1.29, 1.82) is 0 Å². The van der Waals surface area contributed by atoms with Crippen LogP contribution in [-0.4, -0.2) is 48.2 Å². The van der Waals surface area contributed by atoms with E-state index in [9.17, 15) is 0 Å². The molecule has 0 aliphatic carbocycles. The highest BCUT2D eigenvalue weighted by atomic mass is 16.7. The lowest BCUT2D eigenvalue weighted by atomic mass is 9.92. The summed E-state index contributed by atoms with van der Waals surface area (Å²) in [5.41, 5.74) is 1.13. The number of ether oxygens (including phenoxy) is 2. The van der Waals surface area contributed by atoms with Gasteiger partial charge in [0.15, 0.2) is 0 Å². The Labute approximate surface area is 134 Å². The van der Waals surface area contributed by atoms with Crippen LogP contribution >= 0.6 is 0 Å². The molecule has 2 heterocycles. The van der Waals surface area contributed by atoms with E-state index in [0.29, 0.717) is 0 Å². The molecule has 0 saturated carbocycles. The first-order chi connectivity index (χ1) is 10.7. The Morgan fingerprint density at radius 2 is 1.95 bits per heavy atom. The van der Waals surface area contributed by atoms with E-state index in [2.05, 4.69) is 34.5 Å². The third-order valence-electron chi connectivity index (χ3n) is 4.66. The zero-order chi connectivity index (χ0) is 15.9. The van der Waals surface area contributed by atoms with Crippen molar-refractivity contribution < 1.29 is 9.47 Å². The summed E-state index contributed by atoms with van der Waals surface area (Å²) in [5.74, 6) is 2.05. The van der Waals surface area contributed by atoms with Gasteiger partial charge in [-0.25, -0.2) is 4.98 Å². The summed E-state index contributed by atoms with van der Waals surface area (Å²) in [7, 11) is 3.41. The van der Waals surface area contributed by atoms with Gasteiger partial charge in [-0.3, -0.25) is 4.90 Å². The highest BCUT2D eigenvalue weighted by Crippen LogP contribution is 2.24. The molecule has 0 amide bonds. The monoisotopic (exact) mass is 309 g/mol. The van der Waals surface area contributed by atoms with Gasteiger partial charge in [-0.1, -0.05) is 6.92 Å². The molecule has 5 heteroatoms. The van der Waals surface area contributed by atoms with Gasteiger partial charge in [-0.05, 0) is 38.5 Å². The number of hydrogen-bond acceptors (Lipinski definition) is 4. The van der Waals surface area contributed by atoms with E-state index < -0.39 is 0 Å². The number of methoxy groups -OCH3 is 2. The van der Waals surface area contributed by atoms with E-state index in [1.54, 1.807) is 14.2 Å². The van der Waals surface area contributed by atoms with Gasteiger partial charge < -0.3 is 14.0 Å². The van der Waals surface area contributed by atoms with E-state index in [1.165, 1.54) is 31.5 Å². The van der Waals surface area contributed by atoms with Gasteiger partial charge in [0.2, 0.25) is 6.41 Å². The van der Waals surface area contributed by atoms with Gasteiger partial charge in [-0.15, -0.1) is 0 Å².